The molecule has 0 aliphatic heterocycles. The Bertz CT molecular complexity index is 364. The SMILES string of the molecule is CCOc1ccc(OCCC(N)C(=O)OC)cc1. The molecule has 5 nitrogen and oxygen atoms in total. The Morgan fingerprint density at radius 1 is 1.22 bits per heavy atom. The van der Waals surface area contributed by atoms with E-state index in [9.17, 15) is 4.79 Å². The fourth-order valence-electron chi connectivity index (χ4n) is 1.37. The van der Waals surface area contributed by atoms with Crippen LogP contribution in [0.1, 0.15) is 13.3 Å². The minimum atomic E-state index is -0.641. The van der Waals surface area contributed by atoms with Gasteiger partial charge in [-0.25, -0.2) is 0 Å². The monoisotopic (exact) mass is 253 g/mol. The number of carbonyl (C=O) groups is 1. The molecule has 0 saturated heterocycles. The zero-order valence-corrected chi connectivity index (χ0v) is 10.7. The van der Waals surface area contributed by atoms with Gasteiger partial charge in [0.1, 0.15) is 17.5 Å². The number of hydrogen-bond donors (Lipinski definition) is 1. The fourth-order valence-corrected chi connectivity index (χ4v) is 1.37. The summed E-state index contributed by atoms with van der Waals surface area (Å²) < 4.78 is 15.3. The van der Waals surface area contributed by atoms with E-state index in [1.807, 2.05) is 31.2 Å². The van der Waals surface area contributed by atoms with Crippen LogP contribution in [0.25, 0.3) is 0 Å². The van der Waals surface area contributed by atoms with Crippen molar-refractivity contribution in [2.45, 2.75) is 19.4 Å². The summed E-state index contributed by atoms with van der Waals surface area (Å²) in [6.45, 7) is 2.93. The number of rotatable bonds is 7. The number of hydrogen-bond acceptors (Lipinski definition) is 5. The Morgan fingerprint density at radius 3 is 2.28 bits per heavy atom. The van der Waals surface area contributed by atoms with Gasteiger partial charge in [-0.15, -0.1) is 0 Å². The van der Waals surface area contributed by atoms with Crippen molar-refractivity contribution >= 4 is 5.97 Å². The second-order valence-electron chi connectivity index (χ2n) is 3.67. The van der Waals surface area contributed by atoms with Crippen molar-refractivity contribution < 1.29 is 19.0 Å². The van der Waals surface area contributed by atoms with Crippen molar-refractivity contribution in [1.82, 2.24) is 0 Å². The molecule has 0 radical (unpaired) electrons. The molecule has 1 unspecified atom stereocenters. The number of methoxy groups -OCH3 is 1. The van der Waals surface area contributed by atoms with Crippen molar-refractivity contribution in [2.24, 2.45) is 5.73 Å². The summed E-state index contributed by atoms with van der Waals surface area (Å²) in [4.78, 5) is 11.1. The average molecular weight is 253 g/mol. The summed E-state index contributed by atoms with van der Waals surface area (Å²) >= 11 is 0. The minimum absolute atomic E-state index is 0.365. The molecule has 5 heteroatoms. The molecule has 0 spiro atoms. The predicted molar refractivity (Wildman–Crippen MR) is 67.7 cm³/mol. The smallest absolute Gasteiger partial charge is 0.322 e. The summed E-state index contributed by atoms with van der Waals surface area (Å²) in [5, 5.41) is 0. The first-order chi connectivity index (χ1) is 8.67. The van der Waals surface area contributed by atoms with Crippen LogP contribution in [0.3, 0.4) is 0 Å². The third-order valence-electron chi connectivity index (χ3n) is 2.34. The maximum absolute atomic E-state index is 11.1. The van der Waals surface area contributed by atoms with Crippen molar-refractivity contribution in [3.63, 3.8) is 0 Å². The Balaban J connectivity index is 2.33. The Kier molecular flexibility index (Phi) is 6.00. The Labute approximate surface area is 107 Å². The van der Waals surface area contributed by atoms with Crippen molar-refractivity contribution in [3.8, 4) is 11.5 Å². The highest BCUT2D eigenvalue weighted by atomic mass is 16.5. The van der Waals surface area contributed by atoms with Crippen LogP contribution in [0.4, 0.5) is 0 Å². The quantitative estimate of drug-likeness (QED) is 0.743. The van der Waals surface area contributed by atoms with Crippen LogP contribution in [0.5, 0.6) is 11.5 Å². The molecule has 0 aromatic heterocycles. The first kappa shape index (κ1) is 14.3. The standard InChI is InChI=1S/C13H19NO4/c1-3-17-10-4-6-11(7-5-10)18-9-8-12(14)13(15)16-2/h4-7,12H,3,8-9,14H2,1-2H3. The number of carbonyl (C=O) groups excluding carboxylic acids is 1. The molecular formula is C13H19NO4. The van der Waals surface area contributed by atoms with Gasteiger partial charge >= 0.3 is 5.97 Å². The van der Waals surface area contributed by atoms with Gasteiger partial charge in [0, 0.05) is 6.42 Å². The van der Waals surface area contributed by atoms with E-state index < -0.39 is 12.0 Å². The van der Waals surface area contributed by atoms with Gasteiger partial charge in [0.05, 0.1) is 20.3 Å². The lowest BCUT2D eigenvalue weighted by Crippen LogP contribution is -2.33. The lowest BCUT2D eigenvalue weighted by atomic mass is 10.2. The van der Waals surface area contributed by atoms with Crippen LogP contribution in [0.15, 0.2) is 24.3 Å². The Hall–Kier alpha value is -1.75. The molecule has 0 bridgehead atoms. The van der Waals surface area contributed by atoms with Gasteiger partial charge in [-0.05, 0) is 31.2 Å². The number of ether oxygens (including phenoxy) is 3. The molecule has 1 aromatic rings. The molecule has 0 aliphatic carbocycles. The van der Waals surface area contributed by atoms with E-state index in [-0.39, 0.29) is 0 Å². The molecule has 0 heterocycles. The van der Waals surface area contributed by atoms with E-state index in [1.165, 1.54) is 7.11 Å². The van der Waals surface area contributed by atoms with Crippen LogP contribution < -0.4 is 15.2 Å². The minimum Gasteiger partial charge on any atom is -0.494 e. The van der Waals surface area contributed by atoms with Crippen molar-refractivity contribution in [3.05, 3.63) is 24.3 Å². The van der Waals surface area contributed by atoms with E-state index in [0.717, 1.165) is 11.5 Å². The lowest BCUT2D eigenvalue weighted by Gasteiger charge is -2.10. The molecule has 18 heavy (non-hydrogen) atoms. The molecule has 0 saturated carbocycles. The third kappa shape index (κ3) is 4.63. The van der Waals surface area contributed by atoms with Gasteiger partial charge in [0.2, 0.25) is 0 Å². The topological polar surface area (TPSA) is 70.8 Å². The molecule has 0 amide bonds. The molecule has 100 valence electrons. The maximum Gasteiger partial charge on any atom is 0.322 e. The highest BCUT2D eigenvalue weighted by Crippen LogP contribution is 2.17. The van der Waals surface area contributed by atoms with E-state index in [2.05, 4.69) is 4.74 Å². The highest BCUT2D eigenvalue weighted by molar-refractivity contribution is 5.75. The molecule has 2 N–H and O–H groups in total. The molecule has 0 aliphatic rings. The van der Waals surface area contributed by atoms with Gasteiger partial charge in [-0.3, -0.25) is 4.79 Å². The second-order valence-corrected chi connectivity index (χ2v) is 3.67. The number of nitrogens with two attached hydrogens (primary N) is 1. The lowest BCUT2D eigenvalue weighted by molar-refractivity contribution is -0.142. The first-order valence-corrected chi connectivity index (χ1v) is 5.86. The Morgan fingerprint density at radius 2 is 1.78 bits per heavy atom. The predicted octanol–water partition coefficient (Wildman–Crippen LogP) is 1.35. The fraction of sp³-hybridized carbons (Fsp3) is 0.462. The van der Waals surface area contributed by atoms with E-state index in [1.54, 1.807) is 0 Å². The van der Waals surface area contributed by atoms with Crippen LogP contribution in [0, 0.1) is 0 Å². The largest absolute Gasteiger partial charge is 0.494 e. The van der Waals surface area contributed by atoms with E-state index >= 15 is 0 Å². The molecule has 1 aromatic carbocycles. The first-order valence-electron chi connectivity index (χ1n) is 5.86. The van der Waals surface area contributed by atoms with Crippen LogP contribution >= 0.6 is 0 Å². The van der Waals surface area contributed by atoms with E-state index in [4.69, 9.17) is 15.2 Å². The van der Waals surface area contributed by atoms with Gasteiger partial charge in [-0.2, -0.15) is 0 Å². The van der Waals surface area contributed by atoms with Gasteiger partial charge in [0.15, 0.2) is 0 Å². The molecule has 1 rings (SSSR count). The third-order valence-corrected chi connectivity index (χ3v) is 2.34. The summed E-state index contributed by atoms with van der Waals surface area (Å²) in [5.74, 6) is 1.09. The number of esters is 1. The molecule has 1 atom stereocenters. The second kappa shape index (κ2) is 7.55. The van der Waals surface area contributed by atoms with Gasteiger partial charge in [-0.1, -0.05) is 0 Å². The zero-order chi connectivity index (χ0) is 13.4. The summed E-state index contributed by atoms with van der Waals surface area (Å²) in [6.07, 6.45) is 0.417. The van der Waals surface area contributed by atoms with Crippen LogP contribution in [-0.4, -0.2) is 32.3 Å². The molecular weight excluding hydrogens is 234 g/mol. The molecule has 0 fully saturated rings. The normalized spacial score (nSPS) is 11.7. The van der Waals surface area contributed by atoms with Crippen molar-refractivity contribution in [1.29, 1.82) is 0 Å². The summed E-state index contributed by atoms with van der Waals surface area (Å²) in [6, 6.07) is 6.65. The average Bonchev–Trinajstić information content (AvgIpc) is 2.40. The zero-order valence-electron chi connectivity index (χ0n) is 10.7. The van der Waals surface area contributed by atoms with Crippen LogP contribution in [0.2, 0.25) is 0 Å². The number of benzene rings is 1. The summed E-state index contributed by atoms with van der Waals surface area (Å²) in [5.41, 5.74) is 5.58. The van der Waals surface area contributed by atoms with Gasteiger partial charge < -0.3 is 19.9 Å². The maximum atomic E-state index is 11.1. The van der Waals surface area contributed by atoms with Crippen LogP contribution in [-0.2, 0) is 9.53 Å². The highest BCUT2D eigenvalue weighted by Gasteiger charge is 2.13. The van der Waals surface area contributed by atoms with Gasteiger partial charge in [0.25, 0.3) is 0 Å². The van der Waals surface area contributed by atoms with E-state index in [0.29, 0.717) is 19.6 Å². The van der Waals surface area contributed by atoms with Crippen molar-refractivity contribution in [2.75, 3.05) is 20.3 Å². The summed E-state index contributed by atoms with van der Waals surface area (Å²) in [7, 11) is 1.31.